The van der Waals surface area contributed by atoms with Crippen LogP contribution in [0.15, 0.2) is 60.7 Å². The minimum Gasteiger partial charge on any atom is -0.507 e. The first-order chi connectivity index (χ1) is 12.0. The summed E-state index contributed by atoms with van der Waals surface area (Å²) < 4.78 is 0. The SMILES string of the molecule is O=C(NNC(=S)Nc1ccc(Cl)cc1)c1cc2ccccc2cc1O. The highest BCUT2D eigenvalue weighted by atomic mass is 35.5. The molecule has 7 heteroatoms. The van der Waals surface area contributed by atoms with E-state index in [0.717, 1.165) is 16.5 Å². The molecule has 0 aliphatic heterocycles. The lowest BCUT2D eigenvalue weighted by atomic mass is 10.1. The summed E-state index contributed by atoms with van der Waals surface area (Å²) >= 11 is 10.9. The summed E-state index contributed by atoms with van der Waals surface area (Å²) in [5, 5.41) is 15.5. The Kier molecular flexibility index (Phi) is 5.02. The molecular formula is C18H14ClN3O2S. The second-order valence-corrected chi connectivity index (χ2v) is 6.10. The fourth-order valence-corrected chi connectivity index (χ4v) is 2.58. The van der Waals surface area contributed by atoms with Gasteiger partial charge in [-0.2, -0.15) is 0 Å². The molecule has 0 spiro atoms. The van der Waals surface area contributed by atoms with Crippen LogP contribution in [-0.4, -0.2) is 16.1 Å². The third-order valence-electron chi connectivity index (χ3n) is 3.50. The zero-order chi connectivity index (χ0) is 17.8. The number of carbonyl (C=O) groups excluding carboxylic acids is 1. The molecule has 0 aliphatic carbocycles. The van der Waals surface area contributed by atoms with Crippen LogP contribution in [0.5, 0.6) is 5.75 Å². The monoisotopic (exact) mass is 371 g/mol. The number of hydrogen-bond donors (Lipinski definition) is 4. The van der Waals surface area contributed by atoms with Crippen LogP contribution in [0.3, 0.4) is 0 Å². The number of thiocarbonyl (C=S) groups is 1. The maximum absolute atomic E-state index is 12.3. The molecule has 0 fully saturated rings. The van der Waals surface area contributed by atoms with Gasteiger partial charge in [-0.05, 0) is 59.4 Å². The average molecular weight is 372 g/mol. The first-order valence-electron chi connectivity index (χ1n) is 7.37. The van der Waals surface area contributed by atoms with Crippen LogP contribution in [0, 0.1) is 0 Å². The molecule has 0 heterocycles. The number of phenols is 1. The fraction of sp³-hybridized carbons (Fsp3) is 0. The van der Waals surface area contributed by atoms with Crippen molar-refractivity contribution in [2.75, 3.05) is 5.32 Å². The largest absolute Gasteiger partial charge is 0.507 e. The highest BCUT2D eigenvalue weighted by Crippen LogP contribution is 2.24. The third-order valence-corrected chi connectivity index (χ3v) is 3.96. The van der Waals surface area contributed by atoms with E-state index in [4.69, 9.17) is 23.8 Å². The predicted molar refractivity (Wildman–Crippen MR) is 104 cm³/mol. The van der Waals surface area contributed by atoms with E-state index in [2.05, 4.69) is 16.2 Å². The lowest BCUT2D eigenvalue weighted by molar-refractivity contribution is 0.0941. The van der Waals surface area contributed by atoms with Crippen molar-refractivity contribution in [3.8, 4) is 5.75 Å². The minimum absolute atomic E-state index is 0.102. The Hall–Kier alpha value is -2.83. The molecule has 4 N–H and O–H groups in total. The van der Waals surface area contributed by atoms with Crippen molar-refractivity contribution in [1.82, 2.24) is 10.9 Å². The van der Waals surface area contributed by atoms with Gasteiger partial charge in [-0.1, -0.05) is 35.9 Å². The molecule has 3 rings (SSSR count). The number of hydrazine groups is 1. The fourth-order valence-electron chi connectivity index (χ4n) is 2.29. The molecule has 0 aliphatic rings. The number of halogens is 1. The Morgan fingerprint density at radius 3 is 2.28 bits per heavy atom. The van der Waals surface area contributed by atoms with Gasteiger partial charge in [-0.15, -0.1) is 0 Å². The Morgan fingerprint density at radius 1 is 0.960 bits per heavy atom. The first-order valence-corrected chi connectivity index (χ1v) is 8.16. The van der Waals surface area contributed by atoms with Gasteiger partial charge >= 0.3 is 0 Å². The summed E-state index contributed by atoms with van der Waals surface area (Å²) in [6, 6.07) is 17.6. The zero-order valence-electron chi connectivity index (χ0n) is 12.9. The van der Waals surface area contributed by atoms with E-state index in [1.807, 2.05) is 24.3 Å². The van der Waals surface area contributed by atoms with Crippen molar-refractivity contribution >= 4 is 51.3 Å². The maximum Gasteiger partial charge on any atom is 0.273 e. The van der Waals surface area contributed by atoms with E-state index in [0.29, 0.717) is 5.02 Å². The van der Waals surface area contributed by atoms with Crippen LogP contribution in [0.2, 0.25) is 5.02 Å². The van der Waals surface area contributed by atoms with E-state index in [1.165, 1.54) is 0 Å². The van der Waals surface area contributed by atoms with Crippen LogP contribution in [0.1, 0.15) is 10.4 Å². The van der Waals surface area contributed by atoms with Gasteiger partial charge in [-0.3, -0.25) is 15.6 Å². The van der Waals surface area contributed by atoms with Crippen LogP contribution in [-0.2, 0) is 0 Å². The van der Waals surface area contributed by atoms with E-state index >= 15 is 0 Å². The van der Waals surface area contributed by atoms with Gasteiger partial charge in [0, 0.05) is 10.7 Å². The molecule has 0 aromatic heterocycles. The normalized spacial score (nSPS) is 10.3. The van der Waals surface area contributed by atoms with Gasteiger partial charge in [-0.25, -0.2) is 0 Å². The highest BCUT2D eigenvalue weighted by Gasteiger charge is 2.12. The molecule has 0 saturated heterocycles. The number of carbonyl (C=O) groups is 1. The number of anilines is 1. The number of amides is 1. The lowest BCUT2D eigenvalue weighted by Crippen LogP contribution is -2.43. The summed E-state index contributed by atoms with van der Waals surface area (Å²) in [5.41, 5.74) is 5.93. The maximum atomic E-state index is 12.3. The van der Waals surface area contributed by atoms with Crippen LogP contribution in [0.25, 0.3) is 10.8 Å². The van der Waals surface area contributed by atoms with Gasteiger partial charge < -0.3 is 10.4 Å². The van der Waals surface area contributed by atoms with Gasteiger partial charge in [0.25, 0.3) is 5.91 Å². The number of phenolic OH excluding ortho intramolecular Hbond substituents is 1. The van der Waals surface area contributed by atoms with E-state index < -0.39 is 5.91 Å². The smallest absolute Gasteiger partial charge is 0.273 e. The first kappa shape index (κ1) is 17.0. The number of hydrogen-bond acceptors (Lipinski definition) is 3. The molecule has 0 saturated carbocycles. The topological polar surface area (TPSA) is 73.4 Å². The molecular weight excluding hydrogens is 358 g/mol. The van der Waals surface area contributed by atoms with E-state index in [9.17, 15) is 9.90 Å². The number of benzene rings is 3. The Balaban J connectivity index is 1.65. The van der Waals surface area contributed by atoms with Crippen molar-refractivity contribution in [3.05, 3.63) is 71.2 Å². The Bertz CT molecular complexity index is 945. The summed E-state index contributed by atoms with van der Waals surface area (Å²) in [6.45, 7) is 0. The average Bonchev–Trinajstić information content (AvgIpc) is 2.61. The van der Waals surface area contributed by atoms with E-state index in [-0.39, 0.29) is 16.4 Å². The van der Waals surface area contributed by atoms with Gasteiger partial charge in [0.15, 0.2) is 5.11 Å². The number of rotatable bonds is 2. The van der Waals surface area contributed by atoms with Crippen molar-refractivity contribution in [1.29, 1.82) is 0 Å². The van der Waals surface area contributed by atoms with Crippen LogP contribution >= 0.6 is 23.8 Å². The molecule has 0 radical (unpaired) electrons. The van der Waals surface area contributed by atoms with Gasteiger partial charge in [0.1, 0.15) is 5.75 Å². The number of fused-ring (bicyclic) bond motifs is 1. The molecule has 25 heavy (non-hydrogen) atoms. The molecule has 5 nitrogen and oxygen atoms in total. The molecule has 1 amide bonds. The van der Waals surface area contributed by atoms with Crippen molar-refractivity contribution in [2.24, 2.45) is 0 Å². The molecule has 126 valence electrons. The van der Waals surface area contributed by atoms with Gasteiger partial charge in [0.2, 0.25) is 0 Å². The predicted octanol–water partition coefficient (Wildman–Crippen LogP) is 3.83. The van der Waals surface area contributed by atoms with Crippen LogP contribution < -0.4 is 16.2 Å². The van der Waals surface area contributed by atoms with Crippen LogP contribution in [0.4, 0.5) is 5.69 Å². The number of nitrogens with one attached hydrogen (secondary N) is 3. The van der Waals surface area contributed by atoms with Crippen molar-refractivity contribution in [2.45, 2.75) is 0 Å². The second-order valence-electron chi connectivity index (χ2n) is 5.26. The van der Waals surface area contributed by atoms with Crippen molar-refractivity contribution < 1.29 is 9.90 Å². The summed E-state index contributed by atoms with van der Waals surface area (Å²) in [4.78, 5) is 12.3. The molecule has 0 unspecified atom stereocenters. The number of aromatic hydroxyl groups is 1. The lowest BCUT2D eigenvalue weighted by Gasteiger charge is -2.12. The highest BCUT2D eigenvalue weighted by molar-refractivity contribution is 7.80. The van der Waals surface area contributed by atoms with Gasteiger partial charge in [0.05, 0.1) is 5.56 Å². The molecule has 0 atom stereocenters. The molecule has 3 aromatic rings. The minimum atomic E-state index is -0.497. The Labute approximate surface area is 154 Å². The standard InChI is InChI=1S/C18H14ClN3O2S/c19-13-5-7-14(8-6-13)20-18(25)22-21-17(24)15-9-11-3-1-2-4-12(11)10-16(15)23/h1-10,23H,(H,21,24)(H2,20,22,25). The summed E-state index contributed by atoms with van der Waals surface area (Å²) in [6.07, 6.45) is 0. The zero-order valence-corrected chi connectivity index (χ0v) is 14.5. The quantitative estimate of drug-likeness (QED) is 0.407. The summed E-state index contributed by atoms with van der Waals surface area (Å²) in [7, 11) is 0. The van der Waals surface area contributed by atoms with E-state index in [1.54, 1.807) is 36.4 Å². The molecule has 0 bridgehead atoms. The molecule has 3 aromatic carbocycles. The Morgan fingerprint density at radius 2 is 1.60 bits per heavy atom. The van der Waals surface area contributed by atoms with Crippen molar-refractivity contribution in [3.63, 3.8) is 0 Å². The second kappa shape index (κ2) is 7.38. The summed E-state index contributed by atoms with van der Waals surface area (Å²) in [5.74, 6) is -0.599. The third kappa shape index (κ3) is 4.17.